The van der Waals surface area contributed by atoms with Crippen molar-refractivity contribution in [1.29, 1.82) is 5.26 Å². The molecule has 1 fully saturated rings. The highest BCUT2D eigenvalue weighted by Crippen LogP contribution is 2.37. The van der Waals surface area contributed by atoms with Crippen molar-refractivity contribution in [1.82, 2.24) is 14.8 Å². The van der Waals surface area contributed by atoms with Crippen LogP contribution in [-0.2, 0) is 16.3 Å². The molecule has 4 rings (SSSR count). The van der Waals surface area contributed by atoms with E-state index in [1.165, 1.54) is 30.5 Å². The lowest BCUT2D eigenvalue weighted by molar-refractivity contribution is -0.154. The Morgan fingerprint density at radius 1 is 1.23 bits per heavy atom. The van der Waals surface area contributed by atoms with E-state index >= 15 is 0 Å². The van der Waals surface area contributed by atoms with Crippen molar-refractivity contribution in [2.75, 3.05) is 18.1 Å². The second-order valence-electron chi connectivity index (χ2n) is 9.97. The Morgan fingerprint density at radius 3 is 2.52 bits per heavy atom. The van der Waals surface area contributed by atoms with Gasteiger partial charge in [-0.1, -0.05) is 18.5 Å². The van der Waals surface area contributed by atoms with Crippen LogP contribution >= 0.6 is 11.6 Å². The van der Waals surface area contributed by atoms with Crippen molar-refractivity contribution in [3.05, 3.63) is 69.5 Å². The number of aromatic nitrogens is 3. The van der Waals surface area contributed by atoms with Gasteiger partial charge in [-0.25, -0.2) is 18.1 Å². The highest BCUT2D eigenvalue weighted by atomic mass is 35.5. The quantitative estimate of drug-likeness (QED) is 0.331. The first-order chi connectivity index (χ1) is 18.6. The zero-order valence-electron chi connectivity index (χ0n) is 21.2. The van der Waals surface area contributed by atoms with Crippen LogP contribution in [0.4, 0.5) is 13.2 Å². The van der Waals surface area contributed by atoms with Gasteiger partial charge in [0.1, 0.15) is 5.69 Å². The number of aryl methyl sites for hydroxylation is 1. The summed E-state index contributed by atoms with van der Waals surface area (Å²) in [5.41, 5.74) is 0.0433. The Hall–Kier alpha value is -3.76. The van der Waals surface area contributed by atoms with E-state index in [0.29, 0.717) is 5.56 Å². The van der Waals surface area contributed by atoms with Gasteiger partial charge in [0, 0.05) is 36.1 Å². The fourth-order valence-corrected chi connectivity index (χ4v) is 7.14. The summed E-state index contributed by atoms with van der Waals surface area (Å²) in [7, 11) is -3.22. The third kappa shape index (κ3) is 6.51. The smallest absolute Gasteiger partial charge is 0.422 e. The lowest BCUT2D eigenvalue weighted by atomic mass is 9.83. The molecule has 0 bridgehead atoms. The molecule has 9 nitrogen and oxygen atoms in total. The second kappa shape index (κ2) is 10.7. The van der Waals surface area contributed by atoms with Crippen molar-refractivity contribution in [3.8, 4) is 17.8 Å². The molecule has 210 valence electrons. The number of hydrogen-bond acceptors (Lipinski definition) is 8. The summed E-state index contributed by atoms with van der Waals surface area (Å²) in [6.45, 7) is 1.64. The number of nitrogens with zero attached hydrogens (tertiary/aromatic N) is 4. The van der Waals surface area contributed by atoms with Crippen molar-refractivity contribution < 1.29 is 35.9 Å². The van der Waals surface area contributed by atoms with Gasteiger partial charge in [0.25, 0.3) is 0 Å². The lowest BCUT2D eigenvalue weighted by Gasteiger charge is -2.37. The number of hydrogen-bond donors (Lipinski definition) is 0. The molecule has 0 N–H and O–H groups in total. The maximum Gasteiger partial charge on any atom is 0.422 e. The van der Waals surface area contributed by atoms with Gasteiger partial charge in [-0.15, -0.1) is 5.10 Å². The number of nitriles is 1. The number of pyridine rings is 1. The number of rotatable bonds is 9. The molecule has 0 spiro atoms. The molecule has 2 aromatic heterocycles. The van der Waals surface area contributed by atoms with Crippen molar-refractivity contribution in [2.45, 2.75) is 32.9 Å². The van der Waals surface area contributed by atoms with Crippen LogP contribution in [0.5, 0.6) is 5.88 Å². The van der Waals surface area contributed by atoms with E-state index in [0.717, 1.165) is 10.7 Å². The highest BCUT2D eigenvalue weighted by molar-refractivity contribution is 7.92. The summed E-state index contributed by atoms with van der Waals surface area (Å²) in [5.74, 6) is -1.90. The molecule has 3 heterocycles. The van der Waals surface area contributed by atoms with E-state index in [1.807, 2.05) is 6.07 Å². The zero-order valence-corrected chi connectivity index (χ0v) is 22.8. The molecule has 0 unspecified atom stereocenters. The minimum Gasteiger partial charge on any atom is -0.467 e. The number of halogens is 4. The van der Waals surface area contributed by atoms with E-state index in [2.05, 4.69) is 10.1 Å². The van der Waals surface area contributed by atoms with Crippen molar-refractivity contribution in [2.24, 2.45) is 5.41 Å². The first-order valence-corrected chi connectivity index (χ1v) is 14.0. The largest absolute Gasteiger partial charge is 0.467 e. The summed E-state index contributed by atoms with van der Waals surface area (Å²) >= 11 is 6.21. The predicted molar refractivity (Wildman–Crippen MR) is 138 cm³/mol. The van der Waals surface area contributed by atoms with Gasteiger partial charge in [-0.2, -0.15) is 18.4 Å². The fourth-order valence-electron chi connectivity index (χ4n) is 4.70. The van der Waals surface area contributed by atoms with Crippen LogP contribution in [0.15, 0.2) is 36.5 Å². The van der Waals surface area contributed by atoms with Gasteiger partial charge in [0.05, 0.1) is 28.2 Å². The Kier molecular flexibility index (Phi) is 7.79. The van der Waals surface area contributed by atoms with E-state index in [1.54, 1.807) is 13.8 Å². The number of sulfone groups is 1. The molecule has 40 heavy (non-hydrogen) atoms. The Bertz CT molecular complexity index is 1650. The number of ketones is 2. The molecule has 1 aliphatic heterocycles. The van der Waals surface area contributed by atoms with Gasteiger partial charge in [-0.3, -0.25) is 9.59 Å². The molecule has 0 amide bonds. The van der Waals surface area contributed by atoms with Crippen molar-refractivity contribution >= 4 is 33.0 Å². The first-order valence-electron chi connectivity index (χ1n) is 11.8. The van der Waals surface area contributed by atoms with Gasteiger partial charge >= 0.3 is 6.18 Å². The van der Waals surface area contributed by atoms with Crippen LogP contribution in [0.3, 0.4) is 0 Å². The molecule has 14 heteroatoms. The molecule has 0 radical (unpaired) electrons. The van der Waals surface area contributed by atoms with Crippen LogP contribution in [0.2, 0.25) is 5.02 Å². The third-order valence-electron chi connectivity index (χ3n) is 6.26. The molecule has 0 aliphatic carbocycles. The van der Waals surface area contributed by atoms with Crippen LogP contribution in [0, 0.1) is 23.7 Å². The molecule has 0 atom stereocenters. The van der Waals surface area contributed by atoms with Crippen LogP contribution in [0.1, 0.15) is 50.9 Å². The van der Waals surface area contributed by atoms with E-state index < -0.39 is 45.5 Å². The van der Waals surface area contributed by atoms with E-state index in [9.17, 15) is 36.4 Å². The molecule has 1 aromatic carbocycles. The first kappa shape index (κ1) is 29.2. The zero-order chi connectivity index (χ0) is 29.5. The number of alkyl halides is 3. The summed E-state index contributed by atoms with van der Waals surface area (Å²) in [6.07, 6.45) is -3.79. The number of ether oxygens (including phenoxy) is 1. The summed E-state index contributed by atoms with van der Waals surface area (Å²) < 4.78 is 67.4. The van der Waals surface area contributed by atoms with E-state index in [4.69, 9.17) is 16.3 Å². The fraction of sp³-hybridized carbons (Fsp3) is 0.346. The number of benzene rings is 1. The molecule has 0 saturated carbocycles. The monoisotopic (exact) mass is 594 g/mol. The molecular formula is C26H22ClF3N4O5S. The maximum atomic E-state index is 13.6. The average Bonchev–Trinajstić information content (AvgIpc) is 3.26. The number of Topliss-reactive ketones (excluding diaryl/α,β-unsaturated/α-hetero) is 2. The van der Waals surface area contributed by atoms with Crippen LogP contribution in [0.25, 0.3) is 5.82 Å². The minimum atomic E-state index is -4.65. The number of carbonyl (C=O) groups excluding carboxylic acids is 2. The normalized spacial score (nSPS) is 15.6. The molecule has 3 aromatic rings. The Morgan fingerprint density at radius 2 is 1.93 bits per heavy atom. The van der Waals surface area contributed by atoms with Crippen LogP contribution in [-0.4, -0.2) is 59.0 Å². The molecule has 1 saturated heterocycles. The Labute approximate surface area is 232 Å². The standard InChI is InChI=1S/C26H22ClF3N4O5S/c1-15-6-16(11-31)7-18(22(36)10-25(2)13-40(37,38)14-25)17(15)8-21(35)20-9-23(39-12-26(28,29)30)33-34(20)24-19(27)4-3-5-32-24/h3-7,9H,8,10,12-14H2,1-2H3. The van der Waals surface area contributed by atoms with Gasteiger partial charge in [-0.05, 0) is 42.3 Å². The maximum absolute atomic E-state index is 13.6. The van der Waals surface area contributed by atoms with Crippen LogP contribution < -0.4 is 4.74 Å². The predicted octanol–water partition coefficient (Wildman–Crippen LogP) is 4.47. The Balaban J connectivity index is 1.72. The topological polar surface area (TPSA) is 132 Å². The third-order valence-corrected chi connectivity index (χ3v) is 8.83. The average molecular weight is 595 g/mol. The molecular weight excluding hydrogens is 573 g/mol. The summed E-state index contributed by atoms with van der Waals surface area (Å²) in [6, 6.07) is 8.82. The summed E-state index contributed by atoms with van der Waals surface area (Å²) in [4.78, 5) is 31.0. The van der Waals surface area contributed by atoms with E-state index in [-0.39, 0.29) is 57.6 Å². The lowest BCUT2D eigenvalue weighted by Crippen LogP contribution is -2.47. The highest BCUT2D eigenvalue weighted by Gasteiger charge is 2.46. The van der Waals surface area contributed by atoms with Gasteiger partial charge in [0.2, 0.25) is 5.88 Å². The second-order valence-corrected chi connectivity index (χ2v) is 12.4. The van der Waals surface area contributed by atoms with Gasteiger partial charge < -0.3 is 4.74 Å². The van der Waals surface area contributed by atoms with Gasteiger partial charge in [0.15, 0.2) is 33.8 Å². The SMILES string of the molecule is Cc1cc(C#N)cc(C(=O)CC2(C)CS(=O)(=O)C2)c1CC(=O)c1cc(OCC(F)(F)F)nn1-c1ncccc1Cl. The minimum absolute atomic E-state index is 0.0265. The molecule has 1 aliphatic rings. The number of carbonyl (C=O) groups is 2. The van der Waals surface area contributed by atoms with Crippen molar-refractivity contribution in [3.63, 3.8) is 0 Å². The summed E-state index contributed by atoms with van der Waals surface area (Å²) in [5, 5.41) is 13.5.